The molecule has 0 unspecified atom stereocenters. The summed E-state index contributed by atoms with van der Waals surface area (Å²) in [6.07, 6.45) is -2.89. The van der Waals surface area contributed by atoms with Gasteiger partial charge in [-0.15, -0.1) is 0 Å². The highest BCUT2D eigenvalue weighted by Crippen LogP contribution is 2.33. The molecule has 7 heteroatoms. The van der Waals surface area contributed by atoms with Crippen molar-refractivity contribution >= 4 is 5.82 Å². The molecule has 0 radical (unpaired) electrons. The summed E-state index contributed by atoms with van der Waals surface area (Å²) in [5.74, 6) is 0.227. The Morgan fingerprint density at radius 2 is 2.00 bits per heavy atom. The topological polar surface area (TPSA) is 37.4 Å². The van der Waals surface area contributed by atoms with Crippen molar-refractivity contribution in [1.82, 2.24) is 9.88 Å². The monoisotopic (exact) mass is 303 g/mol. The number of aromatic nitrogens is 1. The van der Waals surface area contributed by atoms with Crippen LogP contribution in [0.1, 0.15) is 25.3 Å². The van der Waals surface area contributed by atoms with Gasteiger partial charge in [-0.1, -0.05) is 0 Å². The number of pyridine rings is 1. The van der Waals surface area contributed by atoms with Gasteiger partial charge in [-0.3, -0.25) is 0 Å². The van der Waals surface area contributed by atoms with Gasteiger partial charge in [0.15, 0.2) is 0 Å². The molecule has 1 fully saturated rings. The molecule has 0 bridgehead atoms. The number of alkyl halides is 3. The molecule has 0 spiro atoms. The summed E-state index contributed by atoms with van der Waals surface area (Å²) in [4.78, 5) is 6.27. The van der Waals surface area contributed by atoms with Gasteiger partial charge in [0.2, 0.25) is 5.88 Å². The van der Waals surface area contributed by atoms with E-state index in [1.165, 1.54) is 0 Å². The number of piperidine rings is 1. The number of ether oxygens (including phenoxy) is 1. The first-order valence-electron chi connectivity index (χ1n) is 7.07. The van der Waals surface area contributed by atoms with Crippen LogP contribution in [-0.4, -0.2) is 42.7 Å². The van der Waals surface area contributed by atoms with Crippen molar-refractivity contribution < 1.29 is 17.9 Å². The van der Waals surface area contributed by atoms with Gasteiger partial charge >= 0.3 is 6.18 Å². The molecule has 1 N–H and O–H groups in total. The molecule has 0 aromatic carbocycles. The average molecular weight is 303 g/mol. The number of nitrogens with one attached hydrogen (secondary N) is 1. The highest BCUT2D eigenvalue weighted by Gasteiger charge is 2.32. The van der Waals surface area contributed by atoms with Crippen LogP contribution in [-0.2, 0) is 6.18 Å². The van der Waals surface area contributed by atoms with Gasteiger partial charge in [0.1, 0.15) is 11.9 Å². The Morgan fingerprint density at radius 3 is 2.57 bits per heavy atom. The third kappa shape index (κ3) is 4.49. The van der Waals surface area contributed by atoms with Crippen molar-refractivity contribution in [3.05, 3.63) is 17.7 Å². The standard InChI is InChI=1S/C14H20F3N3O/c1-3-18-12-8-10(14(15,16)17)9-13(19-12)21-11-4-6-20(2)7-5-11/h8-9,11H,3-7H2,1-2H3,(H,18,19). The second-order valence-corrected chi connectivity index (χ2v) is 5.23. The minimum Gasteiger partial charge on any atom is -0.474 e. The number of likely N-dealkylation sites (tertiary alicyclic amines) is 1. The van der Waals surface area contributed by atoms with Crippen molar-refractivity contribution in [2.24, 2.45) is 0 Å². The molecule has 1 aliphatic heterocycles. The smallest absolute Gasteiger partial charge is 0.416 e. The lowest BCUT2D eigenvalue weighted by molar-refractivity contribution is -0.137. The predicted octanol–water partition coefficient (Wildman–Crippen LogP) is 3.01. The van der Waals surface area contributed by atoms with Gasteiger partial charge in [0.25, 0.3) is 0 Å². The Morgan fingerprint density at radius 1 is 1.33 bits per heavy atom. The Hall–Kier alpha value is -1.50. The Labute approximate surface area is 122 Å². The summed E-state index contributed by atoms with van der Waals surface area (Å²) in [5.41, 5.74) is -0.739. The van der Waals surface area contributed by atoms with Crippen molar-refractivity contribution in [3.63, 3.8) is 0 Å². The zero-order chi connectivity index (χ0) is 15.5. The van der Waals surface area contributed by atoms with Crippen LogP contribution < -0.4 is 10.1 Å². The number of hydrogen-bond donors (Lipinski definition) is 1. The maximum absolute atomic E-state index is 12.9. The summed E-state index contributed by atoms with van der Waals surface area (Å²) in [6, 6.07) is 1.98. The number of hydrogen-bond acceptors (Lipinski definition) is 4. The molecule has 2 rings (SSSR count). The third-order valence-corrected chi connectivity index (χ3v) is 3.44. The first kappa shape index (κ1) is 15.9. The second-order valence-electron chi connectivity index (χ2n) is 5.23. The maximum Gasteiger partial charge on any atom is 0.416 e. The minimum atomic E-state index is -4.40. The molecule has 2 heterocycles. The molecule has 1 aliphatic rings. The molecule has 21 heavy (non-hydrogen) atoms. The maximum atomic E-state index is 12.9. The highest BCUT2D eigenvalue weighted by atomic mass is 19.4. The molecule has 0 amide bonds. The number of anilines is 1. The average Bonchev–Trinajstić information content (AvgIpc) is 2.41. The molecule has 4 nitrogen and oxygen atoms in total. The molecule has 1 aromatic heterocycles. The number of rotatable bonds is 4. The summed E-state index contributed by atoms with van der Waals surface area (Å²) in [6.45, 7) is 4.06. The zero-order valence-electron chi connectivity index (χ0n) is 12.2. The zero-order valence-corrected chi connectivity index (χ0v) is 12.2. The van der Waals surface area contributed by atoms with Gasteiger partial charge in [-0.25, -0.2) is 0 Å². The molecule has 1 saturated heterocycles. The van der Waals surface area contributed by atoms with E-state index < -0.39 is 11.7 Å². The summed E-state index contributed by atoms with van der Waals surface area (Å²) in [5, 5.41) is 2.81. The molecule has 1 aromatic rings. The van der Waals surface area contributed by atoms with E-state index in [2.05, 4.69) is 15.2 Å². The van der Waals surface area contributed by atoms with Crippen molar-refractivity contribution in [2.75, 3.05) is 32.0 Å². The van der Waals surface area contributed by atoms with Gasteiger partial charge in [-0.2, -0.15) is 18.2 Å². The van der Waals surface area contributed by atoms with E-state index in [1.807, 2.05) is 7.05 Å². The van der Waals surface area contributed by atoms with E-state index in [1.54, 1.807) is 6.92 Å². The fraction of sp³-hybridized carbons (Fsp3) is 0.643. The van der Waals surface area contributed by atoms with Crippen LogP contribution in [0.2, 0.25) is 0 Å². The second kappa shape index (κ2) is 6.51. The van der Waals surface area contributed by atoms with Crippen LogP contribution in [0.3, 0.4) is 0 Å². The SMILES string of the molecule is CCNc1cc(C(F)(F)F)cc(OC2CCN(C)CC2)n1. The molecule has 118 valence electrons. The summed E-state index contributed by atoms with van der Waals surface area (Å²) in [7, 11) is 2.02. The fourth-order valence-electron chi connectivity index (χ4n) is 2.27. The van der Waals surface area contributed by atoms with Gasteiger partial charge in [0.05, 0.1) is 5.56 Å². The van der Waals surface area contributed by atoms with Crippen molar-refractivity contribution in [2.45, 2.75) is 32.0 Å². The van der Waals surface area contributed by atoms with E-state index in [-0.39, 0.29) is 17.8 Å². The van der Waals surface area contributed by atoms with E-state index >= 15 is 0 Å². The van der Waals surface area contributed by atoms with Crippen LogP contribution in [0.5, 0.6) is 5.88 Å². The normalized spacial score (nSPS) is 17.8. The van der Waals surface area contributed by atoms with Gasteiger partial charge in [0, 0.05) is 25.7 Å². The lowest BCUT2D eigenvalue weighted by atomic mass is 10.1. The Balaban J connectivity index is 2.15. The first-order chi connectivity index (χ1) is 9.88. The molecule has 0 aliphatic carbocycles. The predicted molar refractivity (Wildman–Crippen MR) is 74.5 cm³/mol. The highest BCUT2D eigenvalue weighted by molar-refractivity contribution is 5.42. The Bertz CT molecular complexity index is 471. The third-order valence-electron chi connectivity index (χ3n) is 3.44. The lowest BCUT2D eigenvalue weighted by Gasteiger charge is -2.29. The minimum absolute atomic E-state index is 0.0373. The van der Waals surface area contributed by atoms with E-state index in [0.29, 0.717) is 6.54 Å². The van der Waals surface area contributed by atoms with Gasteiger partial charge < -0.3 is 15.0 Å². The lowest BCUT2D eigenvalue weighted by Crippen LogP contribution is -2.35. The van der Waals surface area contributed by atoms with Crippen LogP contribution in [0, 0.1) is 0 Å². The van der Waals surface area contributed by atoms with Crippen LogP contribution in [0.15, 0.2) is 12.1 Å². The molecular formula is C14H20F3N3O. The van der Waals surface area contributed by atoms with Gasteiger partial charge in [-0.05, 0) is 32.9 Å². The van der Waals surface area contributed by atoms with Crippen LogP contribution in [0.4, 0.5) is 19.0 Å². The molecule has 0 saturated carbocycles. The largest absolute Gasteiger partial charge is 0.474 e. The Kier molecular flexibility index (Phi) is 4.92. The van der Waals surface area contributed by atoms with E-state index in [4.69, 9.17) is 4.74 Å². The van der Waals surface area contributed by atoms with Crippen molar-refractivity contribution in [1.29, 1.82) is 0 Å². The summed E-state index contributed by atoms with van der Waals surface area (Å²) < 4.78 is 44.3. The molecular weight excluding hydrogens is 283 g/mol. The van der Waals surface area contributed by atoms with Crippen LogP contribution >= 0.6 is 0 Å². The molecule has 0 atom stereocenters. The number of halogens is 3. The fourth-order valence-corrected chi connectivity index (χ4v) is 2.27. The number of nitrogens with zero attached hydrogens (tertiary/aromatic N) is 2. The van der Waals surface area contributed by atoms with Crippen molar-refractivity contribution in [3.8, 4) is 5.88 Å². The summed E-state index contributed by atoms with van der Waals surface area (Å²) >= 11 is 0. The van der Waals surface area contributed by atoms with E-state index in [0.717, 1.165) is 38.1 Å². The first-order valence-corrected chi connectivity index (χ1v) is 7.07. The van der Waals surface area contributed by atoms with E-state index in [9.17, 15) is 13.2 Å². The quantitative estimate of drug-likeness (QED) is 0.928. The van der Waals surface area contributed by atoms with Crippen LogP contribution in [0.25, 0.3) is 0 Å².